The molecular weight excluding hydrogens is 398 g/mol. The summed E-state index contributed by atoms with van der Waals surface area (Å²) in [6.45, 7) is 6.37. The van der Waals surface area contributed by atoms with Crippen LogP contribution in [-0.4, -0.2) is 23.3 Å². The molecule has 0 unspecified atom stereocenters. The topological polar surface area (TPSA) is 84.0 Å². The third-order valence-corrected chi connectivity index (χ3v) is 6.67. The van der Waals surface area contributed by atoms with Crippen LogP contribution in [0.25, 0.3) is 10.9 Å². The van der Waals surface area contributed by atoms with Crippen molar-refractivity contribution in [3.8, 4) is 0 Å². The molecule has 2 heterocycles. The van der Waals surface area contributed by atoms with Crippen LogP contribution in [0.2, 0.25) is 0 Å². The highest BCUT2D eigenvalue weighted by Crippen LogP contribution is 2.24. The van der Waals surface area contributed by atoms with E-state index in [-0.39, 0.29) is 21.8 Å². The first-order chi connectivity index (χ1) is 14.1. The van der Waals surface area contributed by atoms with Gasteiger partial charge in [-0.25, -0.2) is 12.4 Å². The number of aromatic amines is 1. The zero-order valence-corrected chi connectivity index (χ0v) is 17.8. The maximum absolute atomic E-state index is 12.9. The van der Waals surface area contributed by atoms with Gasteiger partial charge in [0, 0.05) is 35.2 Å². The fourth-order valence-electron chi connectivity index (χ4n) is 3.23. The van der Waals surface area contributed by atoms with Gasteiger partial charge in [0.05, 0.1) is 10.5 Å². The van der Waals surface area contributed by atoms with E-state index in [1.54, 1.807) is 24.4 Å². The normalized spacial score (nSPS) is 12.2. The number of rotatable bonds is 4. The largest absolute Gasteiger partial charge is 0.361 e. The summed E-state index contributed by atoms with van der Waals surface area (Å²) in [6.07, 6.45) is 4.47. The Kier molecular flexibility index (Phi) is 4.78. The molecule has 154 valence electrons. The molecular formula is C23H23N3O3S. The molecule has 0 saturated carbocycles. The number of carbonyl (C=O) groups excluding carboxylic acids is 1. The molecule has 7 heteroatoms. The van der Waals surface area contributed by atoms with Crippen molar-refractivity contribution in [1.82, 2.24) is 8.96 Å². The zero-order valence-electron chi connectivity index (χ0n) is 17.0. The second-order valence-electron chi connectivity index (χ2n) is 8.24. The third-order valence-electron chi connectivity index (χ3n) is 5.04. The average Bonchev–Trinajstić information content (AvgIpc) is 3.37. The van der Waals surface area contributed by atoms with Gasteiger partial charge in [-0.3, -0.25) is 4.79 Å². The van der Waals surface area contributed by atoms with Crippen LogP contribution in [0.5, 0.6) is 0 Å². The van der Waals surface area contributed by atoms with E-state index in [0.717, 1.165) is 20.4 Å². The maximum atomic E-state index is 12.9. The highest BCUT2D eigenvalue weighted by Gasteiger charge is 2.19. The van der Waals surface area contributed by atoms with Gasteiger partial charge in [-0.1, -0.05) is 32.9 Å². The lowest BCUT2D eigenvalue weighted by Crippen LogP contribution is -2.14. The molecule has 0 aliphatic rings. The zero-order chi connectivity index (χ0) is 21.5. The summed E-state index contributed by atoms with van der Waals surface area (Å²) >= 11 is 0. The lowest BCUT2D eigenvalue weighted by atomic mass is 9.87. The van der Waals surface area contributed by atoms with Crippen molar-refractivity contribution >= 4 is 32.5 Å². The van der Waals surface area contributed by atoms with Crippen LogP contribution in [0, 0.1) is 0 Å². The van der Waals surface area contributed by atoms with Crippen LogP contribution >= 0.6 is 0 Å². The van der Waals surface area contributed by atoms with Gasteiger partial charge in [-0.2, -0.15) is 0 Å². The predicted octanol–water partition coefficient (Wildman–Crippen LogP) is 4.76. The van der Waals surface area contributed by atoms with E-state index in [1.165, 1.54) is 18.5 Å². The fraction of sp³-hybridized carbons (Fsp3) is 0.174. The standard InChI is InChI=1S/C23H23N3O3S/c1-23(2,3)18-4-6-19(7-5-18)25-22(27)17-11-13-26(15-17)30(28,29)20-8-9-21-16(14-20)10-12-24-21/h4-15,24H,1-3H3,(H,25,27). The number of amides is 1. The number of anilines is 1. The molecule has 0 aliphatic carbocycles. The van der Waals surface area contributed by atoms with Crippen molar-refractivity contribution in [2.75, 3.05) is 5.32 Å². The Labute approximate surface area is 175 Å². The molecule has 0 spiro atoms. The number of hydrogen-bond acceptors (Lipinski definition) is 3. The number of fused-ring (bicyclic) bond motifs is 1. The minimum absolute atomic E-state index is 0.0253. The van der Waals surface area contributed by atoms with Gasteiger partial charge in [-0.15, -0.1) is 0 Å². The Morgan fingerprint density at radius 3 is 2.43 bits per heavy atom. The van der Waals surface area contributed by atoms with Crippen molar-refractivity contribution in [3.63, 3.8) is 0 Å². The van der Waals surface area contributed by atoms with Crippen molar-refractivity contribution in [1.29, 1.82) is 0 Å². The summed E-state index contributed by atoms with van der Waals surface area (Å²) in [7, 11) is -3.79. The first kappa shape index (κ1) is 20.0. The van der Waals surface area contributed by atoms with Gasteiger partial charge >= 0.3 is 0 Å². The van der Waals surface area contributed by atoms with Crippen LogP contribution in [0.1, 0.15) is 36.7 Å². The molecule has 4 rings (SSSR count). The lowest BCUT2D eigenvalue weighted by molar-refractivity contribution is 0.102. The van der Waals surface area contributed by atoms with Gasteiger partial charge in [0.25, 0.3) is 15.9 Å². The first-order valence-corrected chi connectivity index (χ1v) is 11.0. The summed E-state index contributed by atoms with van der Waals surface area (Å²) in [4.78, 5) is 15.8. The molecule has 0 aliphatic heterocycles. The molecule has 30 heavy (non-hydrogen) atoms. The maximum Gasteiger partial charge on any atom is 0.267 e. The van der Waals surface area contributed by atoms with E-state index in [1.807, 2.05) is 30.3 Å². The number of carbonyl (C=O) groups is 1. The summed E-state index contributed by atoms with van der Waals surface area (Å²) in [5, 5.41) is 3.62. The van der Waals surface area contributed by atoms with Crippen molar-refractivity contribution in [2.24, 2.45) is 0 Å². The molecule has 0 radical (unpaired) electrons. The average molecular weight is 422 g/mol. The van der Waals surface area contributed by atoms with E-state index < -0.39 is 10.0 Å². The summed E-state index contributed by atoms with van der Waals surface area (Å²) in [6, 6.07) is 15.8. The SMILES string of the molecule is CC(C)(C)c1ccc(NC(=O)c2ccn(S(=O)(=O)c3ccc4[nH]ccc4c3)c2)cc1. The van der Waals surface area contributed by atoms with Crippen molar-refractivity contribution in [2.45, 2.75) is 31.1 Å². The molecule has 2 aromatic carbocycles. The number of hydrogen-bond donors (Lipinski definition) is 2. The number of nitrogens with one attached hydrogen (secondary N) is 2. The molecule has 6 nitrogen and oxygen atoms in total. The highest BCUT2D eigenvalue weighted by atomic mass is 32.2. The minimum Gasteiger partial charge on any atom is -0.361 e. The minimum atomic E-state index is -3.79. The van der Waals surface area contributed by atoms with Gasteiger partial charge < -0.3 is 10.3 Å². The van der Waals surface area contributed by atoms with Gasteiger partial charge in [0.1, 0.15) is 0 Å². The third kappa shape index (κ3) is 3.76. The summed E-state index contributed by atoms with van der Waals surface area (Å²) < 4.78 is 27.0. The molecule has 0 saturated heterocycles. The lowest BCUT2D eigenvalue weighted by Gasteiger charge is -2.19. The van der Waals surface area contributed by atoms with E-state index >= 15 is 0 Å². The van der Waals surface area contributed by atoms with Crippen molar-refractivity contribution < 1.29 is 13.2 Å². The summed E-state index contributed by atoms with van der Waals surface area (Å²) in [5.41, 5.74) is 2.97. The van der Waals surface area contributed by atoms with E-state index in [2.05, 4.69) is 31.1 Å². The predicted molar refractivity (Wildman–Crippen MR) is 118 cm³/mol. The Bertz CT molecular complexity index is 1320. The van der Waals surface area contributed by atoms with E-state index in [9.17, 15) is 13.2 Å². The second-order valence-corrected chi connectivity index (χ2v) is 10.1. The Morgan fingerprint density at radius 2 is 1.73 bits per heavy atom. The Morgan fingerprint density at radius 1 is 1.00 bits per heavy atom. The van der Waals surface area contributed by atoms with Gasteiger partial charge in [0.15, 0.2) is 0 Å². The molecule has 2 aromatic heterocycles. The number of aromatic nitrogens is 2. The molecule has 2 N–H and O–H groups in total. The molecule has 0 atom stereocenters. The summed E-state index contributed by atoms with van der Waals surface area (Å²) in [5.74, 6) is -0.367. The van der Waals surface area contributed by atoms with Crippen LogP contribution in [0.15, 0.2) is 78.1 Å². The van der Waals surface area contributed by atoms with Crippen molar-refractivity contribution in [3.05, 3.63) is 84.3 Å². The monoisotopic (exact) mass is 421 g/mol. The molecule has 0 bridgehead atoms. The van der Waals surface area contributed by atoms with Crippen LogP contribution in [0.4, 0.5) is 5.69 Å². The fourth-order valence-corrected chi connectivity index (χ4v) is 4.46. The first-order valence-electron chi connectivity index (χ1n) is 9.57. The van der Waals surface area contributed by atoms with Gasteiger partial charge in [0.2, 0.25) is 0 Å². The quantitative estimate of drug-likeness (QED) is 0.498. The van der Waals surface area contributed by atoms with E-state index in [0.29, 0.717) is 5.69 Å². The number of nitrogens with zero attached hydrogens (tertiary/aromatic N) is 1. The Hall–Kier alpha value is -3.32. The molecule has 0 fully saturated rings. The van der Waals surface area contributed by atoms with Crippen LogP contribution < -0.4 is 5.32 Å². The number of benzene rings is 2. The Balaban J connectivity index is 1.55. The molecule has 1 amide bonds. The van der Waals surface area contributed by atoms with Crippen LogP contribution in [0.3, 0.4) is 0 Å². The van der Waals surface area contributed by atoms with Gasteiger partial charge in [-0.05, 0) is 53.4 Å². The van der Waals surface area contributed by atoms with Crippen LogP contribution in [-0.2, 0) is 15.4 Å². The van der Waals surface area contributed by atoms with E-state index in [4.69, 9.17) is 0 Å². The second kappa shape index (κ2) is 7.18. The highest BCUT2D eigenvalue weighted by molar-refractivity contribution is 7.90. The molecule has 4 aromatic rings. The number of H-pyrrole nitrogens is 1. The smallest absolute Gasteiger partial charge is 0.267 e.